The van der Waals surface area contributed by atoms with Gasteiger partial charge in [-0.3, -0.25) is 4.57 Å². The lowest BCUT2D eigenvalue weighted by Crippen LogP contribution is -1.96. The lowest BCUT2D eigenvalue weighted by molar-refractivity contribution is 1.00. The standard InChI is InChI=1S/C14H10Cl2N2/c1-9-17-13-7-11(15)12(16)8-14(13)18(9)10-5-3-2-4-6-10/h2-8H,1H3. The van der Waals surface area contributed by atoms with Gasteiger partial charge in [-0.1, -0.05) is 41.4 Å². The van der Waals surface area contributed by atoms with Gasteiger partial charge in [0.25, 0.3) is 0 Å². The Hall–Kier alpha value is -1.51. The second-order valence-electron chi connectivity index (χ2n) is 4.09. The summed E-state index contributed by atoms with van der Waals surface area (Å²) in [6.45, 7) is 1.97. The van der Waals surface area contributed by atoms with Crippen molar-refractivity contribution in [2.75, 3.05) is 0 Å². The molecule has 1 heterocycles. The topological polar surface area (TPSA) is 17.8 Å². The van der Waals surface area contributed by atoms with Crippen molar-refractivity contribution >= 4 is 34.2 Å². The van der Waals surface area contributed by atoms with Crippen molar-refractivity contribution in [2.24, 2.45) is 0 Å². The van der Waals surface area contributed by atoms with Gasteiger partial charge >= 0.3 is 0 Å². The average molecular weight is 277 g/mol. The Kier molecular flexibility index (Phi) is 2.77. The number of aryl methyl sites for hydroxylation is 1. The summed E-state index contributed by atoms with van der Waals surface area (Å²) < 4.78 is 2.07. The number of imidazole rings is 1. The van der Waals surface area contributed by atoms with E-state index >= 15 is 0 Å². The van der Waals surface area contributed by atoms with Gasteiger partial charge in [-0.15, -0.1) is 0 Å². The number of fused-ring (bicyclic) bond motifs is 1. The highest BCUT2D eigenvalue weighted by atomic mass is 35.5. The quantitative estimate of drug-likeness (QED) is 0.633. The first kappa shape index (κ1) is 11.6. The summed E-state index contributed by atoms with van der Waals surface area (Å²) in [6.07, 6.45) is 0. The van der Waals surface area contributed by atoms with E-state index in [4.69, 9.17) is 23.2 Å². The average Bonchev–Trinajstić information content (AvgIpc) is 2.66. The number of aromatic nitrogens is 2. The van der Waals surface area contributed by atoms with Gasteiger partial charge in [0.1, 0.15) is 5.82 Å². The van der Waals surface area contributed by atoms with Crippen LogP contribution in [0.2, 0.25) is 10.0 Å². The first-order valence-corrected chi connectivity index (χ1v) is 6.32. The SMILES string of the molecule is Cc1nc2cc(Cl)c(Cl)cc2n1-c1ccccc1. The lowest BCUT2D eigenvalue weighted by Gasteiger charge is -2.06. The first-order valence-electron chi connectivity index (χ1n) is 5.56. The van der Waals surface area contributed by atoms with Crippen LogP contribution in [0.5, 0.6) is 0 Å². The van der Waals surface area contributed by atoms with Gasteiger partial charge in [0.15, 0.2) is 0 Å². The molecule has 0 aliphatic carbocycles. The summed E-state index contributed by atoms with van der Waals surface area (Å²) >= 11 is 12.1. The third kappa shape index (κ3) is 1.78. The molecular weight excluding hydrogens is 267 g/mol. The molecular formula is C14H10Cl2N2. The molecule has 0 atom stereocenters. The van der Waals surface area contributed by atoms with Crippen LogP contribution >= 0.6 is 23.2 Å². The molecule has 0 saturated heterocycles. The Bertz CT molecular complexity index is 717. The fourth-order valence-corrected chi connectivity index (χ4v) is 2.41. The van der Waals surface area contributed by atoms with E-state index < -0.39 is 0 Å². The Labute approximate surface area is 115 Å². The van der Waals surface area contributed by atoms with Gasteiger partial charge < -0.3 is 0 Å². The van der Waals surface area contributed by atoms with Crippen molar-refractivity contribution in [2.45, 2.75) is 6.92 Å². The summed E-state index contributed by atoms with van der Waals surface area (Å²) in [4.78, 5) is 4.51. The first-order chi connectivity index (χ1) is 8.66. The lowest BCUT2D eigenvalue weighted by atomic mass is 10.3. The van der Waals surface area contributed by atoms with Crippen LogP contribution in [0.1, 0.15) is 5.82 Å². The van der Waals surface area contributed by atoms with Crippen LogP contribution in [0.25, 0.3) is 16.7 Å². The number of hydrogen-bond donors (Lipinski definition) is 0. The Morgan fingerprint density at radius 2 is 1.67 bits per heavy atom. The van der Waals surface area contributed by atoms with Crippen LogP contribution in [0.4, 0.5) is 0 Å². The highest BCUT2D eigenvalue weighted by Gasteiger charge is 2.11. The smallest absolute Gasteiger partial charge is 0.111 e. The summed E-state index contributed by atoms with van der Waals surface area (Å²) in [5, 5.41) is 1.07. The Balaban J connectivity index is 2.36. The molecule has 4 heteroatoms. The predicted octanol–water partition coefficient (Wildman–Crippen LogP) is 4.64. The normalized spacial score (nSPS) is 11.1. The maximum Gasteiger partial charge on any atom is 0.111 e. The van der Waals surface area contributed by atoms with Crippen molar-refractivity contribution < 1.29 is 0 Å². The van der Waals surface area contributed by atoms with Gasteiger partial charge in [0.05, 0.1) is 21.1 Å². The van der Waals surface area contributed by atoms with E-state index in [2.05, 4.69) is 9.55 Å². The van der Waals surface area contributed by atoms with Crippen molar-refractivity contribution in [1.82, 2.24) is 9.55 Å². The molecule has 90 valence electrons. The summed E-state index contributed by atoms with van der Waals surface area (Å²) in [5.74, 6) is 0.912. The van der Waals surface area contributed by atoms with Gasteiger partial charge in [-0.05, 0) is 31.2 Å². The van der Waals surface area contributed by atoms with Crippen LogP contribution in [-0.2, 0) is 0 Å². The minimum absolute atomic E-state index is 0.530. The zero-order chi connectivity index (χ0) is 12.7. The van der Waals surface area contributed by atoms with E-state index in [9.17, 15) is 0 Å². The minimum atomic E-state index is 0.530. The number of nitrogens with zero attached hydrogens (tertiary/aromatic N) is 2. The second-order valence-corrected chi connectivity index (χ2v) is 4.90. The van der Waals surface area contributed by atoms with Crippen molar-refractivity contribution in [3.05, 3.63) is 58.3 Å². The highest BCUT2D eigenvalue weighted by Crippen LogP contribution is 2.29. The molecule has 18 heavy (non-hydrogen) atoms. The van der Waals surface area contributed by atoms with E-state index in [1.54, 1.807) is 6.07 Å². The van der Waals surface area contributed by atoms with Crippen molar-refractivity contribution in [3.63, 3.8) is 0 Å². The highest BCUT2D eigenvalue weighted by molar-refractivity contribution is 6.42. The minimum Gasteiger partial charge on any atom is -0.296 e. The third-order valence-corrected chi connectivity index (χ3v) is 3.60. The molecule has 0 fully saturated rings. The molecule has 1 aromatic heterocycles. The van der Waals surface area contributed by atoms with Gasteiger partial charge in [-0.2, -0.15) is 0 Å². The van der Waals surface area contributed by atoms with E-state index in [0.717, 1.165) is 22.5 Å². The number of benzene rings is 2. The molecule has 0 radical (unpaired) electrons. The molecule has 0 aliphatic rings. The van der Waals surface area contributed by atoms with E-state index in [-0.39, 0.29) is 0 Å². The summed E-state index contributed by atoms with van der Waals surface area (Å²) in [7, 11) is 0. The van der Waals surface area contributed by atoms with Gasteiger partial charge in [0, 0.05) is 5.69 Å². The molecule has 0 N–H and O–H groups in total. The molecule has 2 aromatic carbocycles. The summed E-state index contributed by atoms with van der Waals surface area (Å²) in [5.41, 5.74) is 2.88. The zero-order valence-electron chi connectivity index (χ0n) is 9.69. The van der Waals surface area contributed by atoms with Crippen molar-refractivity contribution in [3.8, 4) is 5.69 Å². The maximum atomic E-state index is 6.08. The molecule has 0 saturated carbocycles. The fourth-order valence-electron chi connectivity index (χ4n) is 2.10. The summed E-state index contributed by atoms with van der Waals surface area (Å²) in [6, 6.07) is 13.7. The molecule has 0 aliphatic heterocycles. The largest absolute Gasteiger partial charge is 0.296 e. The monoisotopic (exact) mass is 276 g/mol. The number of rotatable bonds is 1. The second kappa shape index (κ2) is 4.30. The van der Waals surface area contributed by atoms with Gasteiger partial charge in [0.2, 0.25) is 0 Å². The Morgan fingerprint density at radius 3 is 2.39 bits per heavy atom. The van der Waals surface area contributed by atoms with Crippen LogP contribution in [0.3, 0.4) is 0 Å². The third-order valence-electron chi connectivity index (χ3n) is 2.88. The number of para-hydroxylation sites is 1. The van der Waals surface area contributed by atoms with Crippen LogP contribution < -0.4 is 0 Å². The van der Waals surface area contributed by atoms with E-state index in [1.165, 1.54) is 0 Å². The van der Waals surface area contributed by atoms with E-state index in [1.807, 2.05) is 43.3 Å². The number of hydrogen-bond acceptors (Lipinski definition) is 1. The maximum absolute atomic E-state index is 6.08. The molecule has 2 nitrogen and oxygen atoms in total. The van der Waals surface area contributed by atoms with Crippen LogP contribution in [0, 0.1) is 6.92 Å². The molecule has 3 rings (SSSR count). The van der Waals surface area contributed by atoms with E-state index in [0.29, 0.717) is 10.0 Å². The van der Waals surface area contributed by atoms with Crippen LogP contribution in [0.15, 0.2) is 42.5 Å². The number of halogens is 2. The molecule has 0 amide bonds. The van der Waals surface area contributed by atoms with Crippen molar-refractivity contribution in [1.29, 1.82) is 0 Å². The molecule has 0 bridgehead atoms. The molecule has 0 spiro atoms. The Morgan fingerprint density at radius 1 is 1.00 bits per heavy atom. The predicted molar refractivity (Wildman–Crippen MR) is 75.8 cm³/mol. The van der Waals surface area contributed by atoms with Crippen LogP contribution in [-0.4, -0.2) is 9.55 Å². The van der Waals surface area contributed by atoms with Gasteiger partial charge in [-0.25, -0.2) is 4.98 Å². The molecule has 0 unspecified atom stereocenters. The fraction of sp³-hybridized carbons (Fsp3) is 0.0714. The zero-order valence-corrected chi connectivity index (χ0v) is 11.2. The molecule has 3 aromatic rings.